The highest BCUT2D eigenvalue weighted by Crippen LogP contribution is 2.42. The van der Waals surface area contributed by atoms with E-state index >= 15 is 0 Å². The van der Waals surface area contributed by atoms with Crippen LogP contribution in [-0.4, -0.2) is 23.5 Å². The second-order valence-electron chi connectivity index (χ2n) is 5.48. The summed E-state index contributed by atoms with van der Waals surface area (Å²) in [4.78, 5) is 25.8. The molecule has 0 atom stereocenters. The second kappa shape index (κ2) is 6.87. The van der Waals surface area contributed by atoms with Gasteiger partial charge in [0.05, 0.1) is 16.2 Å². The van der Waals surface area contributed by atoms with Gasteiger partial charge < -0.3 is 5.11 Å². The molecule has 2 aromatic rings. The van der Waals surface area contributed by atoms with E-state index in [-0.39, 0.29) is 4.91 Å². The Kier molecular flexibility index (Phi) is 4.78. The summed E-state index contributed by atoms with van der Waals surface area (Å²) in [5.74, 6) is -1.66. The first-order chi connectivity index (χ1) is 12.3. The average molecular weight is 379 g/mol. The molecule has 26 heavy (non-hydrogen) atoms. The summed E-state index contributed by atoms with van der Waals surface area (Å²) in [6.45, 7) is -0.499. The SMILES string of the molecule is O=C(O)CN1C(=O)C(=Cc2ccc(C(F)(F)F)cc2)Sc2ccccc21. The van der Waals surface area contributed by atoms with Crippen LogP contribution in [0.25, 0.3) is 6.08 Å². The van der Waals surface area contributed by atoms with Crippen molar-refractivity contribution in [2.45, 2.75) is 11.1 Å². The molecule has 0 radical (unpaired) electrons. The van der Waals surface area contributed by atoms with Crippen LogP contribution in [0.2, 0.25) is 0 Å². The van der Waals surface area contributed by atoms with Gasteiger partial charge in [-0.15, -0.1) is 0 Å². The molecule has 2 aromatic carbocycles. The van der Waals surface area contributed by atoms with Gasteiger partial charge in [0.2, 0.25) is 0 Å². The fourth-order valence-corrected chi connectivity index (χ4v) is 3.53. The molecule has 1 N–H and O–H groups in total. The third kappa shape index (κ3) is 3.75. The molecule has 1 amide bonds. The van der Waals surface area contributed by atoms with E-state index in [2.05, 4.69) is 0 Å². The van der Waals surface area contributed by atoms with Crippen molar-refractivity contribution in [1.82, 2.24) is 0 Å². The van der Waals surface area contributed by atoms with Crippen molar-refractivity contribution < 1.29 is 27.9 Å². The highest BCUT2D eigenvalue weighted by molar-refractivity contribution is 8.04. The zero-order valence-electron chi connectivity index (χ0n) is 13.2. The summed E-state index contributed by atoms with van der Waals surface area (Å²) in [7, 11) is 0. The number of halogens is 3. The van der Waals surface area contributed by atoms with Gasteiger partial charge in [-0.25, -0.2) is 0 Å². The zero-order valence-corrected chi connectivity index (χ0v) is 14.0. The fourth-order valence-electron chi connectivity index (χ4n) is 2.47. The van der Waals surface area contributed by atoms with Crippen LogP contribution in [0, 0.1) is 0 Å². The summed E-state index contributed by atoms with van der Waals surface area (Å²) in [5.41, 5.74) is 0.137. The molecule has 0 aromatic heterocycles. The molecule has 0 saturated carbocycles. The van der Waals surface area contributed by atoms with Crippen molar-refractivity contribution in [3.63, 3.8) is 0 Å². The Morgan fingerprint density at radius 2 is 1.77 bits per heavy atom. The van der Waals surface area contributed by atoms with Gasteiger partial charge in [-0.3, -0.25) is 14.5 Å². The summed E-state index contributed by atoms with van der Waals surface area (Å²) >= 11 is 1.16. The molecule has 0 aliphatic carbocycles. The van der Waals surface area contributed by atoms with Crippen molar-refractivity contribution in [1.29, 1.82) is 0 Å². The predicted molar refractivity (Wildman–Crippen MR) is 91.7 cm³/mol. The van der Waals surface area contributed by atoms with Crippen LogP contribution in [0.4, 0.5) is 18.9 Å². The van der Waals surface area contributed by atoms with Crippen LogP contribution in [0.15, 0.2) is 58.3 Å². The van der Waals surface area contributed by atoms with Crippen molar-refractivity contribution in [2.24, 2.45) is 0 Å². The minimum Gasteiger partial charge on any atom is -0.480 e. The molecule has 4 nitrogen and oxygen atoms in total. The molecule has 0 saturated heterocycles. The fraction of sp³-hybridized carbons (Fsp3) is 0.111. The van der Waals surface area contributed by atoms with Crippen LogP contribution < -0.4 is 4.90 Å². The molecule has 8 heteroatoms. The summed E-state index contributed by atoms with van der Waals surface area (Å²) in [5, 5.41) is 9.07. The van der Waals surface area contributed by atoms with Gasteiger partial charge in [-0.1, -0.05) is 36.0 Å². The lowest BCUT2D eigenvalue weighted by atomic mass is 10.1. The third-order valence-corrected chi connectivity index (χ3v) is 4.74. The number of hydrogen-bond acceptors (Lipinski definition) is 3. The van der Waals surface area contributed by atoms with E-state index in [1.165, 1.54) is 18.2 Å². The molecule has 0 unspecified atom stereocenters. The number of carbonyl (C=O) groups excluding carboxylic acids is 1. The predicted octanol–water partition coefficient (Wildman–Crippen LogP) is 4.27. The standard InChI is InChI=1S/C18H12F3NO3S/c19-18(20,21)12-7-5-11(6-8-12)9-15-17(25)22(10-16(23)24)13-3-1-2-4-14(13)26-15/h1-9H,10H2,(H,23,24). The molecule has 0 spiro atoms. The van der Waals surface area contributed by atoms with Crippen molar-refractivity contribution in [2.75, 3.05) is 11.4 Å². The van der Waals surface area contributed by atoms with Crippen LogP contribution in [0.3, 0.4) is 0 Å². The van der Waals surface area contributed by atoms with Crippen LogP contribution in [0.1, 0.15) is 11.1 Å². The molecular formula is C18H12F3NO3S. The molecule has 1 aliphatic rings. The minimum absolute atomic E-state index is 0.240. The second-order valence-corrected chi connectivity index (χ2v) is 6.57. The lowest BCUT2D eigenvalue weighted by molar-refractivity contribution is -0.138. The van der Waals surface area contributed by atoms with Crippen molar-refractivity contribution in [3.05, 3.63) is 64.6 Å². The Balaban J connectivity index is 1.96. The Morgan fingerprint density at radius 1 is 1.12 bits per heavy atom. The van der Waals surface area contributed by atoms with Crippen molar-refractivity contribution in [3.8, 4) is 0 Å². The molecule has 1 heterocycles. The first-order valence-corrected chi connectivity index (χ1v) is 8.27. The minimum atomic E-state index is -4.43. The Bertz CT molecular complexity index is 891. The largest absolute Gasteiger partial charge is 0.480 e. The first-order valence-electron chi connectivity index (χ1n) is 7.45. The maximum absolute atomic E-state index is 12.6. The van der Waals surface area contributed by atoms with E-state index in [4.69, 9.17) is 5.11 Å². The number of rotatable bonds is 3. The number of hydrogen-bond donors (Lipinski definition) is 1. The maximum Gasteiger partial charge on any atom is 0.416 e. The van der Waals surface area contributed by atoms with Gasteiger partial charge in [0, 0.05) is 4.90 Å². The van der Waals surface area contributed by atoms with E-state index in [1.54, 1.807) is 24.3 Å². The van der Waals surface area contributed by atoms with E-state index < -0.39 is 30.2 Å². The van der Waals surface area contributed by atoms with Gasteiger partial charge in [0.15, 0.2) is 0 Å². The van der Waals surface area contributed by atoms with E-state index in [1.807, 2.05) is 0 Å². The van der Waals surface area contributed by atoms with Gasteiger partial charge in [0.25, 0.3) is 5.91 Å². The Hall–Kier alpha value is -2.74. The number of para-hydroxylation sites is 1. The average Bonchev–Trinajstić information content (AvgIpc) is 2.58. The number of fused-ring (bicyclic) bond motifs is 1. The van der Waals surface area contributed by atoms with Gasteiger partial charge in [-0.2, -0.15) is 13.2 Å². The number of aliphatic carboxylic acids is 1. The monoisotopic (exact) mass is 379 g/mol. The first kappa shape index (κ1) is 18.1. The Labute approximate surface area is 150 Å². The van der Waals surface area contributed by atoms with Gasteiger partial charge >= 0.3 is 12.1 Å². The zero-order chi connectivity index (χ0) is 18.9. The lowest BCUT2D eigenvalue weighted by Crippen LogP contribution is -2.38. The number of thioether (sulfide) groups is 1. The van der Waals surface area contributed by atoms with Crippen molar-refractivity contribution >= 4 is 35.4 Å². The van der Waals surface area contributed by atoms with Crippen LogP contribution in [0.5, 0.6) is 0 Å². The molecule has 0 fully saturated rings. The quantitative estimate of drug-likeness (QED) is 0.810. The normalized spacial score (nSPS) is 15.9. The Morgan fingerprint density at radius 3 is 2.38 bits per heavy atom. The summed E-state index contributed by atoms with van der Waals surface area (Å²) in [6, 6.07) is 11.3. The molecule has 3 rings (SSSR count). The number of alkyl halides is 3. The number of nitrogens with zero attached hydrogens (tertiary/aromatic N) is 1. The molecular weight excluding hydrogens is 367 g/mol. The number of carbonyl (C=O) groups is 2. The lowest BCUT2D eigenvalue weighted by Gasteiger charge is -2.29. The molecule has 0 bridgehead atoms. The molecule has 1 aliphatic heterocycles. The third-order valence-electron chi connectivity index (χ3n) is 3.66. The van der Waals surface area contributed by atoms with Gasteiger partial charge in [0.1, 0.15) is 6.54 Å². The summed E-state index contributed by atoms with van der Waals surface area (Å²) in [6.07, 6.45) is -2.98. The van der Waals surface area contributed by atoms with Crippen LogP contribution in [-0.2, 0) is 15.8 Å². The van der Waals surface area contributed by atoms with E-state index in [0.29, 0.717) is 16.1 Å². The highest BCUT2D eigenvalue weighted by Gasteiger charge is 2.31. The topological polar surface area (TPSA) is 57.6 Å². The smallest absolute Gasteiger partial charge is 0.416 e. The van der Waals surface area contributed by atoms with Gasteiger partial charge in [-0.05, 0) is 35.9 Å². The molecule has 134 valence electrons. The summed E-state index contributed by atoms with van der Waals surface area (Å²) < 4.78 is 37.9. The number of amides is 1. The highest BCUT2D eigenvalue weighted by atomic mass is 32.2. The number of anilines is 1. The number of carboxylic acids is 1. The number of carboxylic acid groups (broad SMARTS) is 1. The number of benzene rings is 2. The van der Waals surface area contributed by atoms with Crippen LogP contribution >= 0.6 is 11.8 Å². The maximum atomic E-state index is 12.6. The van der Waals surface area contributed by atoms with E-state index in [9.17, 15) is 22.8 Å². The van der Waals surface area contributed by atoms with E-state index in [0.717, 1.165) is 28.8 Å².